The molecule has 1 unspecified atom stereocenters. The molecule has 1 aromatic carbocycles. The van der Waals surface area contributed by atoms with Gasteiger partial charge < -0.3 is 16.0 Å². The van der Waals surface area contributed by atoms with Crippen molar-refractivity contribution in [2.75, 3.05) is 12.3 Å². The Morgan fingerprint density at radius 2 is 2.05 bits per heavy atom. The van der Waals surface area contributed by atoms with Gasteiger partial charge in [0.15, 0.2) is 0 Å². The van der Waals surface area contributed by atoms with Crippen LogP contribution in [0.25, 0.3) is 0 Å². The number of nitrogens with two attached hydrogens (primary N) is 1. The van der Waals surface area contributed by atoms with E-state index in [1.54, 1.807) is 23.1 Å². The van der Waals surface area contributed by atoms with Crippen LogP contribution >= 0.6 is 15.9 Å². The molecule has 1 aliphatic carbocycles. The van der Waals surface area contributed by atoms with Crippen LogP contribution in [0.5, 0.6) is 0 Å². The highest BCUT2D eigenvalue weighted by Gasteiger charge is 2.36. The van der Waals surface area contributed by atoms with E-state index in [0.29, 0.717) is 28.3 Å². The highest BCUT2D eigenvalue weighted by Crippen LogP contribution is 2.26. The largest absolute Gasteiger partial charge is 0.398 e. The van der Waals surface area contributed by atoms with E-state index in [1.165, 1.54) is 0 Å². The standard InChI is InChI=1S/C15H18BrN3O2/c16-11-8-9(3-6-12(11)17)15(21)19-7-1-2-13(19)14(20)18-10-4-5-10/h3,6,8,10,13H,1-2,4-5,7,17H2,(H,18,20). The number of nitrogen functional groups attached to an aromatic ring is 1. The first-order valence-corrected chi connectivity index (χ1v) is 8.02. The summed E-state index contributed by atoms with van der Waals surface area (Å²) in [6.45, 7) is 0.629. The number of carbonyl (C=O) groups excluding carboxylic acids is 2. The van der Waals surface area contributed by atoms with E-state index in [0.717, 1.165) is 25.7 Å². The Hall–Kier alpha value is -1.56. The summed E-state index contributed by atoms with van der Waals surface area (Å²) in [5, 5.41) is 2.99. The number of benzene rings is 1. The van der Waals surface area contributed by atoms with Gasteiger partial charge in [0.2, 0.25) is 5.91 Å². The summed E-state index contributed by atoms with van der Waals surface area (Å²) in [5.41, 5.74) is 6.89. The minimum absolute atomic E-state index is 0.0159. The molecule has 21 heavy (non-hydrogen) atoms. The van der Waals surface area contributed by atoms with Crippen LogP contribution in [0.2, 0.25) is 0 Å². The average Bonchev–Trinajstić information content (AvgIpc) is 3.14. The number of halogens is 1. The second-order valence-electron chi connectivity index (χ2n) is 5.68. The number of hydrogen-bond acceptors (Lipinski definition) is 3. The van der Waals surface area contributed by atoms with Gasteiger partial charge in [-0.15, -0.1) is 0 Å². The monoisotopic (exact) mass is 351 g/mol. The number of hydrogen-bond donors (Lipinski definition) is 2. The summed E-state index contributed by atoms with van der Waals surface area (Å²) in [5.74, 6) is -0.123. The number of amides is 2. The predicted molar refractivity (Wildman–Crippen MR) is 83.8 cm³/mol. The van der Waals surface area contributed by atoms with Crippen molar-refractivity contribution in [1.82, 2.24) is 10.2 Å². The fraction of sp³-hybridized carbons (Fsp3) is 0.467. The third-order valence-corrected chi connectivity index (χ3v) is 4.67. The zero-order chi connectivity index (χ0) is 15.0. The number of rotatable bonds is 3. The molecular formula is C15H18BrN3O2. The normalized spacial score (nSPS) is 21.4. The number of nitrogens with one attached hydrogen (secondary N) is 1. The van der Waals surface area contributed by atoms with Crippen LogP contribution in [-0.4, -0.2) is 35.3 Å². The number of carbonyl (C=O) groups is 2. The molecule has 1 saturated heterocycles. The SMILES string of the molecule is Nc1ccc(C(=O)N2CCCC2C(=O)NC2CC2)cc1Br. The lowest BCUT2D eigenvalue weighted by atomic mass is 10.1. The quantitative estimate of drug-likeness (QED) is 0.816. The van der Waals surface area contributed by atoms with E-state index in [-0.39, 0.29) is 17.9 Å². The molecule has 1 atom stereocenters. The third-order valence-electron chi connectivity index (χ3n) is 3.99. The molecule has 0 bridgehead atoms. The highest BCUT2D eigenvalue weighted by molar-refractivity contribution is 9.10. The Morgan fingerprint density at radius 1 is 1.29 bits per heavy atom. The topological polar surface area (TPSA) is 75.4 Å². The summed E-state index contributed by atoms with van der Waals surface area (Å²) in [6.07, 6.45) is 3.71. The lowest BCUT2D eigenvalue weighted by molar-refractivity contribution is -0.125. The molecule has 2 fully saturated rings. The minimum Gasteiger partial charge on any atom is -0.398 e. The smallest absolute Gasteiger partial charge is 0.254 e. The van der Waals surface area contributed by atoms with Gasteiger partial charge in [-0.3, -0.25) is 9.59 Å². The van der Waals surface area contributed by atoms with Crippen LogP contribution in [0, 0.1) is 0 Å². The van der Waals surface area contributed by atoms with Crippen LogP contribution in [0.4, 0.5) is 5.69 Å². The van der Waals surface area contributed by atoms with E-state index < -0.39 is 0 Å². The summed E-state index contributed by atoms with van der Waals surface area (Å²) in [6, 6.07) is 5.10. The molecule has 2 aliphatic rings. The van der Waals surface area contributed by atoms with Crippen molar-refractivity contribution in [1.29, 1.82) is 0 Å². The van der Waals surface area contributed by atoms with E-state index in [4.69, 9.17) is 5.73 Å². The Bertz CT molecular complexity index is 586. The predicted octanol–water partition coefficient (Wildman–Crippen LogP) is 1.91. The molecule has 0 radical (unpaired) electrons. The highest BCUT2D eigenvalue weighted by atomic mass is 79.9. The van der Waals surface area contributed by atoms with E-state index in [2.05, 4.69) is 21.2 Å². The Morgan fingerprint density at radius 3 is 2.71 bits per heavy atom. The first kappa shape index (κ1) is 14.4. The first-order chi connectivity index (χ1) is 10.1. The molecule has 1 aliphatic heterocycles. The van der Waals surface area contributed by atoms with Gasteiger partial charge in [0.05, 0.1) is 0 Å². The summed E-state index contributed by atoms with van der Waals surface area (Å²) in [7, 11) is 0. The first-order valence-electron chi connectivity index (χ1n) is 7.22. The lowest BCUT2D eigenvalue weighted by Gasteiger charge is -2.24. The van der Waals surface area contributed by atoms with Crippen molar-refractivity contribution >= 4 is 33.4 Å². The minimum atomic E-state index is -0.338. The maximum atomic E-state index is 12.6. The Labute approximate surface area is 132 Å². The molecule has 2 amide bonds. The number of likely N-dealkylation sites (tertiary alicyclic amines) is 1. The fourth-order valence-corrected chi connectivity index (χ4v) is 3.01. The van der Waals surface area contributed by atoms with Crippen molar-refractivity contribution in [2.24, 2.45) is 0 Å². The maximum absolute atomic E-state index is 12.6. The summed E-state index contributed by atoms with van der Waals surface area (Å²) >= 11 is 3.33. The van der Waals surface area contributed by atoms with Crippen molar-refractivity contribution in [3.63, 3.8) is 0 Å². The van der Waals surface area contributed by atoms with Crippen molar-refractivity contribution in [3.05, 3.63) is 28.2 Å². The Balaban J connectivity index is 1.75. The Kier molecular flexibility index (Phi) is 3.89. The van der Waals surface area contributed by atoms with Gasteiger partial charge >= 0.3 is 0 Å². The number of anilines is 1. The average molecular weight is 352 g/mol. The molecule has 3 rings (SSSR count). The van der Waals surface area contributed by atoms with Gasteiger partial charge in [0, 0.05) is 28.3 Å². The molecule has 6 heteroatoms. The van der Waals surface area contributed by atoms with Crippen molar-refractivity contribution in [2.45, 2.75) is 37.8 Å². The van der Waals surface area contributed by atoms with Crippen molar-refractivity contribution in [3.8, 4) is 0 Å². The molecule has 1 saturated carbocycles. The van der Waals surface area contributed by atoms with Gasteiger partial charge in [-0.2, -0.15) is 0 Å². The molecule has 1 aromatic rings. The second-order valence-corrected chi connectivity index (χ2v) is 6.53. The van der Waals surface area contributed by atoms with Crippen LogP contribution in [-0.2, 0) is 4.79 Å². The van der Waals surface area contributed by atoms with Gasteiger partial charge in [-0.1, -0.05) is 0 Å². The summed E-state index contributed by atoms with van der Waals surface area (Å²) in [4.78, 5) is 26.5. The molecule has 5 nitrogen and oxygen atoms in total. The van der Waals surface area contributed by atoms with E-state index >= 15 is 0 Å². The van der Waals surface area contributed by atoms with E-state index in [1.807, 2.05) is 0 Å². The van der Waals surface area contributed by atoms with Gasteiger partial charge in [0.25, 0.3) is 5.91 Å². The van der Waals surface area contributed by atoms with Crippen LogP contribution in [0.15, 0.2) is 22.7 Å². The lowest BCUT2D eigenvalue weighted by Crippen LogP contribution is -2.46. The van der Waals surface area contributed by atoms with Gasteiger partial charge in [-0.25, -0.2) is 0 Å². The van der Waals surface area contributed by atoms with E-state index in [9.17, 15) is 9.59 Å². The molecule has 112 valence electrons. The van der Waals surface area contributed by atoms with Crippen molar-refractivity contribution < 1.29 is 9.59 Å². The van der Waals surface area contributed by atoms with Crippen LogP contribution in [0.1, 0.15) is 36.0 Å². The second kappa shape index (κ2) is 5.67. The molecule has 3 N–H and O–H groups in total. The third kappa shape index (κ3) is 3.05. The molecule has 0 aromatic heterocycles. The van der Waals surface area contributed by atoms with Crippen LogP contribution < -0.4 is 11.1 Å². The van der Waals surface area contributed by atoms with Crippen LogP contribution in [0.3, 0.4) is 0 Å². The number of nitrogens with zero attached hydrogens (tertiary/aromatic N) is 1. The zero-order valence-electron chi connectivity index (χ0n) is 11.6. The van der Waals surface area contributed by atoms with Gasteiger partial charge in [0.1, 0.15) is 6.04 Å². The molecule has 0 spiro atoms. The van der Waals surface area contributed by atoms with Gasteiger partial charge in [-0.05, 0) is 59.8 Å². The fourth-order valence-electron chi connectivity index (χ4n) is 2.63. The maximum Gasteiger partial charge on any atom is 0.254 e. The summed E-state index contributed by atoms with van der Waals surface area (Å²) < 4.78 is 0.700. The molecule has 1 heterocycles. The zero-order valence-corrected chi connectivity index (χ0v) is 13.2. The molecular weight excluding hydrogens is 334 g/mol.